The maximum Gasteiger partial charge on any atom is 0.0757 e. The lowest BCUT2D eigenvalue weighted by atomic mass is 10.00. The van der Waals surface area contributed by atoms with Gasteiger partial charge < -0.3 is 10.1 Å². The average molecular weight is 248 g/mol. The van der Waals surface area contributed by atoms with E-state index in [1.807, 2.05) is 0 Å². The lowest BCUT2D eigenvalue weighted by Gasteiger charge is -2.33. The predicted molar refractivity (Wildman–Crippen MR) is 72.3 cm³/mol. The van der Waals surface area contributed by atoms with E-state index in [1.54, 1.807) is 0 Å². The Morgan fingerprint density at radius 3 is 2.61 bits per heavy atom. The molecule has 1 aliphatic carbocycles. The molecule has 0 aromatic heterocycles. The molecule has 0 bridgehead atoms. The van der Waals surface area contributed by atoms with Crippen LogP contribution in [0.3, 0.4) is 0 Å². The molecule has 1 saturated carbocycles. The highest BCUT2D eigenvalue weighted by atomic mass is 16.5. The minimum Gasteiger partial charge on any atom is -0.376 e. The summed E-state index contributed by atoms with van der Waals surface area (Å²) in [6.45, 7) is 4.05. The first kappa shape index (κ1) is 12.5. The van der Waals surface area contributed by atoms with Gasteiger partial charge in [0.1, 0.15) is 0 Å². The Labute approximate surface area is 110 Å². The molecule has 0 aromatic carbocycles. The van der Waals surface area contributed by atoms with Gasteiger partial charge in [-0.15, -0.1) is 6.42 Å². The number of piperidine rings is 1. The summed E-state index contributed by atoms with van der Waals surface area (Å²) in [4.78, 5) is 2.38. The Kier molecular flexibility index (Phi) is 3.88. The van der Waals surface area contributed by atoms with Gasteiger partial charge in [0.15, 0.2) is 0 Å². The maximum atomic E-state index is 5.89. The molecular weight excluding hydrogens is 224 g/mol. The zero-order valence-electron chi connectivity index (χ0n) is 11.1. The molecule has 3 nitrogen and oxygen atoms in total. The SMILES string of the molecule is C#CCN1CCC(NC2CCOC2C2CC2)CC1. The second-order valence-electron chi connectivity index (χ2n) is 5.99. The van der Waals surface area contributed by atoms with Crippen LogP contribution in [0.25, 0.3) is 0 Å². The molecule has 2 heterocycles. The zero-order valence-corrected chi connectivity index (χ0v) is 11.1. The summed E-state index contributed by atoms with van der Waals surface area (Å²) >= 11 is 0. The number of likely N-dealkylation sites (tertiary alicyclic amines) is 1. The van der Waals surface area contributed by atoms with Gasteiger partial charge in [0.05, 0.1) is 12.6 Å². The molecule has 0 aromatic rings. The van der Waals surface area contributed by atoms with Gasteiger partial charge in [0.2, 0.25) is 0 Å². The minimum atomic E-state index is 0.508. The van der Waals surface area contributed by atoms with Gasteiger partial charge in [-0.05, 0) is 38.0 Å². The summed E-state index contributed by atoms with van der Waals surface area (Å²) in [6.07, 6.45) is 12.3. The highest BCUT2D eigenvalue weighted by Crippen LogP contribution is 2.39. The molecule has 3 rings (SSSR count). The van der Waals surface area contributed by atoms with Crippen LogP contribution < -0.4 is 5.32 Å². The van der Waals surface area contributed by atoms with Gasteiger partial charge in [0, 0.05) is 31.8 Å². The Morgan fingerprint density at radius 1 is 1.17 bits per heavy atom. The van der Waals surface area contributed by atoms with Crippen molar-refractivity contribution in [1.29, 1.82) is 0 Å². The van der Waals surface area contributed by atoms with Crippen LogP contribution in [-0.4, -0.2) is 49.3 Å². The van der Waals surface area contributed by atoms with Crippen molar-refractivity contribution in [2.45, 2.75) is 50.3 Å². The number of rotatable bonds is 4. The predicted octanol–water partition coefficient (Wildman–Crippen LogP) is 1.24. The fourth-order valence-electron chi connectivity index (χ4n) is 3.37. The summed E-state index contributed by atoms with van der Waals surface area (Å²) in [5.41, 5.74) is 0. The van der Waals surface area contributed by atoms with Crippen LogP contribution >= 0.6 is 0 Å². The number of nitrogens with one attached hydrogen (secondary N) is 1. The maximum absolute atomic E-state index is 5.89. The second kappa shape index (κ2) is 5.61. The highest BCUT2D eigenvalue weighted by molar-refractivity contribution is 4.96. The van der Waals surface area contributed by atoms with Crippen molar-refractivity contribution >= 4 is 0 Å². The van der Waals surface area contributed by atoms with Gasteiger partial charge in [-0.1, -0.05) is 5.92 Å². The molecule has 0 amide bonds. The van der Waals surface area contributed by atoms with E-state index in [1.165, 1.54) is 32.1 Å². The van der Waals surface area contributed by atoms with Crippen molar-refractivity contribution < 1.29 is 4.74 Å². The van der Waals surface area contributed by atoms with Crippen molar-refractivity contribution in [2.75, 3.05) is 26.2 Å². The van der Waals surface area contributed by atoms with Crippen molar-refractivity contribution in [3.63, 3.8) is 0 Å². The number of nitrogens with zero attached hydrogens (tertiary/aromatic N) is 1. The van der Waals surface area contributed by atoms with Crippen LogP contribution in [0.4, 0.5) is 0 Å². The van der Waals surface area contributed by atoms with Gasteiger partial charge in [-0.2, -0.15) is 0 Å². The summed E-state index contributed by atoms with van der Waals surface area (Å²) in [7, 11) is 0. The third-order valence-electron chi connectivity index (χ3n) is 4.57. The molecule has 2 atom stereocenters. The van der Waals surface area contributed by atoms with Gasteiger partial charge >= 0.3 is 0 Å². The molecule has 2 unspecified atom stereocenters. The number of terminal acetylenes is 1. The summed E-state index contributed by atoms with van der Waals surface area (Å²) < 4.78 is 5.89. The molecular formula is C15H24N2O. The summed E-state index contributed by atoms with van der Waals surface area (Å²) in [5.74, 6) is 3.59. The normalized spacial score (nSPS) is 34.6. The number of hydrogen-bond donors (Lipinski definition) is 1. The monoisotopic (exact) mass is 248 g/mol. The summed E-state index contributed by atoms with van der Waals surface area (Å²) in [5, 5.41) is 3.85. The van der Waals surface area contributed by atoms with E-state index in [9.17, 15) is 0 Å². The van der Waals surface area contributed by atoms with E-state index in [4.69, 9.17) is 11.2 Å². The first-order valence-corrected chi connectivity index (χ1v) is 7.40. The quantitative estimate of drug-likeness (QED) is 0.758. The molecule has 18 heavy (non-hydrogen) atoms. The molecule has 2 saturated heterocycles. The number of ether oxygens (including phenoxy) is 1. The van der Waals surface area contributed by atoms with Crippen LogP contribution in [0.2, 0.25) is 0 Å². The Morgan fingerprint density at radius 2 is 1.94 bits per heavy atom. The van der Waals surface area contributed by atoms with Crippen molar-refractivity contribution in [1.82, 2.24) is 10.2 Å². The first-order valence-electron chi connectivity index (χ1n) is 7.40. The molecule has 0 radical (unpaired) electrons. The first-order chi connectivity index (χ1) is 8.86. The van der Waals surface area contributed by atoms with Gasteiger partial charge in [-0.25, -0.2) is 0 Å². The average Bonchev–Trinajstić information content (AvgIpc) is 3.13. The van der Waals surface area contributed by atoms with Crippen LogP contribution in [0, 0.1) is 18.3 Å². The Balaban J connectivity index is 1.44. The van der Waals surface area contributed by atoms with E-state index in [0.29, 0.717) is 18.2 Å². The fraction of sp³-hybridized carbons (Fsp3) is 0.867. The highest BCUT2D eigenvalue weighted by Gasteiger charge is 2.41. The van der Waals surface area contributed by atoms with Crippen LogP contribution in [-0.2, 0) is 4.74 Å². The van der Waals surface area contributed by atoms with E-state index < -0.39 is 0 Å². The topological polar surface area (TPSA) is 24.5 Å². The fourth-order valence-corrected chi connectivity index (χ4v) is 3.37. The molecule has 1 N–H and O–H groups in total. The third-order valence-corrected chi connectivity index (χ3v) is 4.57. The Hall–Kier alpha value is -0.560. The zero-order chi connectivity index (χ0) is 12.4. The van der Waals surface area contributed by atoms with E-state index in [-0.39, 0.29) is 0 Å². The number of hydrogen-bond acceptors (Lipinski definition) is 3. The van der Waals surface area contributed by atoms with Crippen LogP contribution in [0.5, 0.6) is 0 Å². The molecule has 0 spiro atoms. The molecule has 100 valence electrons. The van der Waals surface area contributed by atoms with Crippen molar-refractivity contribution in [3.05, 3.63) is 0 Å². The lowest BCUT2D eigenvalue weighted by molar-refractivity contribution is 0.0759. The standard InChI is InChI=1S/C15H24N2O/c1-2-8-17-9-5-13(6-10-17)16-14-7-11-18-15(14)12-3-4-12/h1,12-16H,3-11H2. The molecule has 3 fully saturated rings. The smallest absolute Gasteiger partial charge is 0.0757 e. The molecule has 3 heteroatoms. The minimum absolute atomic E-state index is 0.508. The lowest BCUT2D eigenvalue weighted by Crippen LogP contribution is -2.49. The van der Waals surface area contributed by atoms with Gasteiger partial charge in [-0.3, -0.25) is 4.90 Å². The second-order valence-corrected chi connectivity index (χ2v) is 5.99. The van der Waals surface area contributed by atoms with Gasteiger partial charge in [0.25, 0.3) is 0 Å². The van der Waals surface area contributed by atoms with Crippen molar-refractivity contribution in [3.8, 4) is 12.3 Å². The van der Waals surface area contributed by atoms with E-state index in [2.05, 4.69) is 16.1 Å². The largest absolute Gasteiger partial charge is 0.376 e. The van der Waals surface area contributed by atoms with Crippen LogP contribution in [0.15, 0.2) is 0 Å². The molecule has 2 aliphatic heterocycles. The summed E-state index contributed by atoms with van der Waals surface area (Å²) in [6, 6.07) is 1.29. The Bertz CT molecular complexity index is 313. The van der Waals surface area contributed by atoms with Crippen molar-refractivity contribution in [2.24, 2.45) is 5.92 Å². The third kappa shape index (κ3) is 2.88. The van der Waals surface area contributed by atoms with E-state index in [0.717, 1.165) is 32.2 Å². The van der Waals surface area contributed by atoms with E-state index >= 15 is 0 Å². The molecule has 3 aliphatic rings. The van der Waals surface area contributed by atoms with Crippen LogP contribution in [0.1, 0.15) is 32.1 Å².